The summed E-state index contributed by atoms with van der Waals surface area (Å²) in [5.74, 6) is 1.21. The molecule has 0 amide bonds. The molecule has 0 spiro atoms. The van der Waals surface area contributed by atoms with Crippen molar-refractivity contribution in [3.05, 3.63) is 78.8 Å². The number of benzene rings is 2. The topological polar surface area (TPSA) is 47.9 Å². The predicted molar refractivity (Wildman–Crippen MR) is 108 cm³/mol. The molecule has 2 aromatic carbocycles. The van der Waals surface area contributed by atoms with Crippen molar-refractivity contribution in [1.82, 2.24) is 15.0 Å². The minimum absolute atomic E-state index is 0.128. The lowest BCUT2D eigenvalue weighted by Gasteiger charge is -2.19. The van der Waals surface area contributed by atoms with E-state index < -0.39 is 0 Å². The molecule has 4 nitrogen and oxygen atoms in total. The highest BCUT2D eigenvalue weighted by Gasteiger charge is 2.13. The van der Waals surface area contributed by atoms with Crippen LogP contribution in [0, 0.1) is 0 Å². The van der Waals surface area contributed by atoms with Crippen LogP contribution in [0.4, 0.5) is 0 Å². The number of fused-ring (bicyclic) bond motifs is 1. The number of nitrogens with zero attached hydrogens (tertiary/aromatic N) is 3. The number of hydrogen-bond donors (Lipinski definition) is 0. The van der Waals surface area contributed by atoms with Gasteiger partial charge in [-0.3, -0.25) is 4.98 Å². The number of pyridine rings is 1. The summed E-state index contributed by atoms with van der Waals surface area (Å²) in [6.07, 6.45) is 3.30. The van der Waals surface area contributed by atoms with E-state index in [1.165, 1.54) is 11.9 Å². The monoisotopic (exact) mass is 355 g/mol. The number of rotatable bonds is 3. The van der Waals surface area contributed by atoms with Crippen LogP contribution in [0.1, 0.15) is 26.3 Å². The molecule has 0 saturated carbocycles. The van der Waals surface area contributed by atoms with Gasteiger partial charge in [-0.05, 0) is 29.2 Å². The van der Waals surface area contributed by atoms with E-state index in [2.05, 4.69) is 60.0 Å². The van der Waals surface area contributed by atoms with E-state index in [1.807, 2.05) is 36.4 Å². The highest BCUT2D eigenvalue weighted by Crippen LogP contribution is 2.28. The zero-order valence-electron chi connectivity index (χ0n) is 15.7. The van der Waals surface area contributed by atoms with Crippen molar-refractivity contribution in [2.75, 3.05) is 0 Å². The van der Waals surface area contributed by atoms with Crippen molar-refractivity contribution in [3.8, 4) is 22.9 Å². The molecule has 0 fully saturated rings. The first-order valence-electron chi connectivity index (χ1n) is 8.95. The van der Waals surface area contributed by atoms with Gasteiger partial charge in [-0.2, -0.15) is 0 Å². The Morgan fingerprint density at radius 3 is 2.41 bits per heavy atom. The Balaban J connectivity index is 1.60. The summed E-state index contributed by atoms with van der Waals surface area (Å²) in [5, 5.41) is 1.08. The van der Waals surface area contributed by atoms with Gasteiger partial charge in [-0.1, -0.05) is 51.1 Å². The molecule has 0 saturated heterocycles. The van der Waals surface area contributed by atoms with Crippen molar-refractivity contribution >= 4 is 10.9 Å². The van der Waals surface area contributed by atoms with E-state index in [9.17, 15) is 0 Å². The molecule has 2 heterocycles. The summed E-state index contributed by atoms with van der Waals surface area (Å²) >= 11 is 0. The molecule has 0 atom stereocenters. The summed E-state index contributed by atoms with van der Waals surface area (Å²) in [6.45, 7) is 6.62. The minimum atomic E-state index is 0.128. The molecule has 0 bridgehead atoms. The lowest BCUT2D eigenvalue weighted by Crippen LogP contribution is -2.10. The van der Waals surface area contributed by atoms with Crippen LogP contribution in [0.3, 0.4) is 0 Å². The van der Waals surface area contributed by atoms with Gasteiger partial charge in [0.2, 0.25) is 5.88 Å². The molecule has 2 aromatic heterocycles. The van der Waals surface area contributed by atoms with Crippen LogP contribution in [0.5, 0.6) is 11.6 Å². The van der Waals surface area contributed by atoms with Crippen molar-refractivity contribution in [1.29, 1.82) is 0 Å². The summed E-state index contributed by atoms with van der Waals surface area (Å²) in [7, 11) is 0. The summed E-state index contributed by atoms with van der Waals surface area (Å²) < 4.78 is 5.94. The predicted octanol–water partition coefficient (Wildman–Crippen LogP) is 5.78. The molecule has 134 valence electrons. The second-order valence-corrected chi connectivity index (χ2v) is 7.53. The first-order chi connectivity index (χ1) is 13.0. The van der Waals surface area contributed by atoms with Gasteiger partial charge in [0.1, 0.15) is 12.1 Å². The quantitative estimate of drug-likeness (QED) is 0.467. The molecule has 0 aliphatic heterocycles. The van der Waals surface area contributed by atoms with Gasteiger partial charge < -0.3 is 4.74 Å². The van der Waals surface area contributed by atoms with E-state index in [4.69, 9.17) is 4.74 Å². The molecule has 0 aliphatic rings. The Morgan fingerprint density at radius 1 is 0.815 bits per heavy atom. The van der Waals surface area contributed by atoms with Gasteiger partial charge in [0.25, 0.3) is 0 Å². The fraction of sp³-hybridized carbons (Fsp3) is 0.174. The van der Waals surface area contributed by atoms with Crippen molar-refractivity contribution in [2.45, 2.75) is 26.2 Å². The third kappa shape index (κ3) is 3.80. The Morgan fingerprint density at radius 2 is 1.63 bits per heavy atom. The van der Waals surface area contributed by atoms with Crippen LogP contribution in [-0.4, -0.2) is 15.0 Å². The SMILES string of the molecule is CC(C)(C)c1ccc(-c2cc(Oc3ccc4cccnc4c3)ncn2)cc1. The van der Waals surface area contributed by atoms with Crippen LogP contribution in [0.2, 0.25) is 0 Å². The maximum Gasteiger partial charge on any atom is 0.222 e. The van der Waals surface area contributed by atoms with Crippen LogP contribution >= 0.6 is 0 Å². The number of ether oxygens (including phenoxy) is 1. The molecule has 0 unspecified atom stereocenters. The van der Waals surface area contributed by atoms with E-state index in [-0.39, 0.29) is 5.41 Å². The standard InChI is InChI=1S/C23H21N3O/c1-23(2,3)18-9-6-17(7-10-18)21-14-22(26-15-25-21)27-19-11-8-16-5-4-12-24-20(16)13-19/h4-15H,1-3H3. The highest BCUT2D eigenvalue weighted by molar-refractivity contribution is 5.79. The first kappa shape index (κ1) is 17.2. The van der Waals surface area contributed by atoms with Gasteiger partial charge in [0.05, 0.1) is 11.2 Å². The Labute approximate surface area is 158 Å². The van der Waals surface area contributed by atoms with Gasteiger partial charge in [-0.25, -0.2) is 9.97 Å². The van der Waals surface area contributed by atoms with E-state index in [0.717, 1.165) is 22.2 Å². The van der Waals surface area contributed by atoms with Crippen LogP contribution < -0.4 is 4.74 Å². The molecule has 0 aliphatic carbocycles. The normalized spacial score (nSPS) is 11.5. The molecule has 4 heteroatoms. The third-order valence-electron chi connectivity index (χ3n) is 4.49. The van der Waals surface area contributed by atoms with E-state index >= 15 is 0 Å². The molecule has 4 rings (SSSR count). The van der Waals surface area contributed by atoms with Crippen LogP contribution in [0.15, 0.2) is 73.2 Å². The third-order valence-corrected chi connectivity index (χ3v) is 4.49. The average molecular weight is 355 g/mol. The molecule has 4 aromatic rings. The van der Waals surface area contributed by atoms with Crippen LogP contribution in [-0.2, 0) is 5.41 Å². The van der Waals surface area contributed by atoms with E-state index in [0.29, 0.717) is 11.6 Å². The Bertz CT molecular complexity index is 1080. The van der Waals surface area contributed by atoms with Crippen molar-refractivity contribution in [3.63, 3.8) is 0 Å². The van der Waals surface area contributed by atoms with Crippen molar-refractivity contribution in [2.24, 2.45) is 0 Å². The smallest absolute Gasteiger partial charge is 0.222 e. The first-order valence-corrected chi connectivity index (χ1v) is 8.95. The molecule has 27 heavy (non-hydrogen) atoms. The fourth-order valence-corrected chi connectivity index (χ4v) is 2.92. The minimum Gasteiger partial charge on any atom is -0.439 e. The van der Waals surface area contributed by atoms with Crippen molar-refractivity contribution < 1.29 is 4.74 Å². The van der Waals surface area contributed by atoms with E-state index in [1.54, 1.807) is 6.20 Å². The summed E-state index contributed by atoms with van der Waals surface area (Å²) in [5.41, 5.74) is 4.18. The zero-order valence-corrected chi connectivity index (χ0v) is 15.7. The van der Waals surface area contributed by atoms with Gasteiger partial charge in [0.15, 0.2) is 0 Å². The highest BCUT2D eigenvalue weighted by atomic mass is 16.5. The molecular weight excluding hydrogens is 334 g/mol. The average Bonchev–Trinajstić information content (AvgIpc) is 2.68. The second kappa shape index (κ2) is 6.80. The molecule has 0 N–H and O–H groups in total. The number of hydrogen-bond acceptors (Lipinski definition) is 4. The lowest BCUT2D eigenvalue weighted by atomic mass is 9.86. The maximum absolute atomic E-state index is 5.94. The maximum atomic E-state index is 5.94. The molecule has 0 radical (unpaired) electrons. The second-order valence-electron chi connectivity index (χ2n) is 7.53. The van der Waals surface area contributed by atoms with Gasteiger partial charge in [-0.15, -0.1) is 0 Å². The Hall–Kier alpha value is -3.27. The molecular formula is C23H21N3O. The lowest BCUT2D eigenvalue weighted by molar-refractivity contribution is 0.462. The van der Waals surface area contributed by atoms with Crippen LogP contribution in [0.25, 0.3) is 22.2 Å². The Kier molecular flexibility index (Phi) is 4.32. The largest absolute Gasteiger partial charge is 0.439 e. The fourth-order valence-electron chi connectivity index (χ4n) is 2.92. The summed E-state index contributed by atoms with van der Waals surface area (Å²) in [4.78, 5) is 13.0. The van der Waals surface area contributed by atoms with Gasteiger partial charge in [0, 0.05) is 29.3 Å². The zero-order chi connectivity index (χ0) is 18.9. The number of aromatic nitrogens is 3. The summed E-state index contributed by atoms with van der Waals surface area (Å²) in [6, 6.07) is 20.1. The van der Waals surface area contributed by atoms with Gasteiger partial charge >= 0.3 is 0 Å².